The van der Waals surface area contributed by atoms with Crippen LogP contribution in [0, 0.1) is 12.7 Å². The highest BCUT2D eigenvalue weighted by Crippen LogP contribution is 2.16. The van der Waals surface area contributed by atoms with Gasteiger partial charge in [-0.1, -0.05) is 57.5 Å². The van der Waals surface area contributed by atoms with Crippen LogP contribution in [0.25, 0.3) is 10.8 Å². The molecule has 0 aliphatic rings. The third-order valence-corrected chi connectivity index (χ3v) is 1.96. The number of rotatable bonds is 0. The Hall–Kier alpha value is -1.37. The highest BCUT2D eigenvalue weighted by atomic mass is 19.1. The molecule has 0 heterocycles. The van der Waals surface area contributed by atoms with E-state index in [4.69, 9.17) is 0 Å². The van der Waals surface area contributed by atoms with Gasteiger partial charge in [0.05, 0.1) is 0 Å². The van der Waals surface area contributed by atoms with Gasteiger partial charge in [-0.25, -0.2) is 4.39 Å². The minimum Gasteiger partial charge on any atom is -0.207 e. The summed E-state index contributed by atoms with van der Waals surface area (Å²) < 4.78 is 12.7. The van der Waals surface area contributed by atoms with Crippen molar-refractivity contribution in [1.82, 2.24) is 0 Å². The first-order valence-corrected chi connectivity index (χ1v) is 5.92. The van der Waals surface area contributed by atoms with Crippen LogP contribution in [0.1, 0.15) is 33.3 Å². The molecule has 0 radical (unpaired) electrons. The summed E-state index contributed by atoms with van der Waals surface area (Å²) in [4.78, 5) is 0. The Morgan fingerprint density at radius 2 is 1.25 bits per heavy atom. The molecule has 0 aromatic heterocycles. The number of hydrogen-bond donors (Lipinski definition) is 0. The monoisotopic (exact) mass is 220 g/mol. The molecule has 16 heavy (non-hydrogen) atoms. The molecule has 2 rings (SSSR count). The van der Waals surface area contributed by atoms with Crippen LogP contribution >= 0.6 is 0 Å². The van der Waals surface area contributed by atoms with Crippen molar-refractivity contribution >= 4 is 10.8 Å². The number of benzene rings is 2. The molecular formula is C15H21F. The normalized spacial score (nSPS) is 8.62. The van der Waals surface area contributed by atoms with Gasteiger partial charge >= 0.3 is 0 Å². The SMILES string of the molecule is CC.CC.Cc1ccc2cc(F)ccc2c1. The number of aryl methyl sites for hydroxylation is 1. The quantitative estimate of drug-likeness (QED) is 0.562. The maximum Gasteiger partial charge on any atom is 0.123 e. The zero-order valence-corrected chi connectivity index (χ0v) is 10.8. The van der Waals surface area contributed by atoms with Crippen LogP contribution in [-0.2, 0) is 0 Å². The largest absolute Gasteiger partial charge is 0.207 e. The molecule has 0 amide bonds. The Labute approximate surface area is 98.1 Å². The van der Waals surface area contributed by atoms with Crippen LogP contribution in [0.2, 0.25) is 0 Å². The van der Waals surface area contributed by atoms with E-state index < -0.39 is 0 Å². The molecule has 2 aromatic carbocycles. The number of halogens is 1. The zero-order valence-electron chi connectivity index (χ0n) is 10.8. The second kappa shape index (κ2) is 7.86. The highest BCUT2D eigenvalue weighted by Gasteiger charge is 1.94. The van der Waals surface area contributed by atoms with Crippen LogP contribution in [0.5, 0.6) is 0 Å². The molecule has 0 fully saturated rings. The van der Waals surface area contributed by atoms with Gasteiger partial charge in [-0.15, -0.1) is 0 Å². The molecule has 0 unspecified atom stereocenters. The summed E-state index contributed by atoms with van der Waals surface area (Å²) in [7, 11) is 0. The molecule has 0 saturated carbocycles. The topological polar surface area (TPSA) is 0 Å². The summed E-state index contributed by atoms with van der Waals surface area (Å²) in [6.45, 7) is 10.0. The van der Waals surface area contributed by atoms with Crippen LogP contribution in [-0.4, -0.2) is 0 Å². The number of fused-ring (bicyclic) bond motifs is 1. The standard InChI is InChI=1S/C11H9F.2C2H6/c1-8-2-3-10-7-11(12)5-4-9(10)6-8;2*1-2/h2-7H,1H3;2*1-2H3. The van der Waals surface area contributed by atoms with E-state index in [0.717, 1.165) is 10.8 Å². The van der Waals surface area contributed by atoms with E-state index in [0.29, 0.717) is 0 Å². The van der Waals surface area contributed by atoms with Crippen LogP contribution in [0.4, 0.5) is 4.39 Å². The summed E-state index contributed by atoms with van der Waals surface area (Å²) in [5.74, 6) is -0.175. The molecule has 0 nitrogen and oxygen atoms in total. The lowest BCUT2D eigenvalue weighted by atomic mass is 10.1. The van der Waals surface area contributed by atoms with Crippen molar-refractivity contribution < 1.29 is 4.39 Å². The fourth-order valence-corrected chi connectivity index (χ4v) is 1.34. The first kappa shape index (κ1) is 14.6. The Morgan fingerprint density at radius 1 is 0.750 bits per heavy atom. The number of hydrogen-bond acceptors (Lipinski definition) is 0. The molecule has 0 saturated heterocycles. The van der Waals surface area contributed by atoms with Gasteiger partial charge in [0.25, 0.3) is 0 Å². The molecule has 0 spiro atoms. The van der Waals surface area contributed by atoms with E-state index in [1.165, 1.54) is 11.6 Å². The first-order chi connectivity index (χ1) is 7.75. The summed E-state index contributed by atoms with van der Waals surface area (Å²) in [6.07, 6.45) is 0. The molecular weight excluding hydrogens is 199 g/mol. The Morgan fingerprint density at radius 3 is 1.88 bits per heavy atom. The van der Waals surface area contributed by atoms with E-state index in [1.807, 2.05) is 46.8 Å². The molecule has 0 atom stereocenters. The maximum absolute atomic E-state index is 12.7. The summed E-state index contributed by atoms with van der Waals surface area (Å²) in [5.41, 5.74) is 1.20. The van der Waals surface area contributed by atoms with Crippen LogP contribution in [0.3, 0.4) is 0 Å². The van der Waals surface area contributed by atoms with Crippen molar-refractivity contribution in [1.29, 1.82) is 0 Å². The van der Waals surface area contributed by atoms with Crippen molar-refractivity contribution in [2.24, 2.45) is 0 Å². The summed E-state index contributed by atoms with van der Waals surface area (Å²) >= 11 is 0. The van der Waals surface area contributed by atoms with Crippen molar-refractivity contribution in [3.63, 3.8) is 0 Å². The van der Waals surface area contributed by atoms with Crippen molar-refractivity contribution in [2.45, 2.75) is 34.6 Å². The Kier molecular flexibility index (Phi) is 7.19. The highest BCUT2D eigenvalue weighted by molar-refractivity contribution is 5.83. The van der Waals surface area contributed by atoms with Gasteiger partial charge < -0.3 is 0 Å². The molecule has 0 aliphatic heterocycles. The van der Waals surface area contributed by atoms with Crippen molar-refractivity contribution in [2.75, 3.05) is 0 Å². The van der Waals surface area contributed by atoms with Gasteiger partial charge in [0.15, 0.2) is 0 Å². The molecule has 0 aliphatic carbocycles. The second-order valence-corrected chi connectivity index (χ2v) is 2.99. The van der Waals surface area contributed by atoms with Gasteiger partial charge in [-0.2, -0.15) is 0 Å². The van der Waals surface area contributed by atoms with Gasteiger partial charge in [0, 0.05) is 0 Å². The van der Waals surface area contributed by atoms with Crippen molar-refractivity contribution in [3.8, 4) is 0 Å². The minimum absolute atomic E-state index is 0.175. The lowest BCUT2D eigenvalue weighted by Gasteiger charge is -1.98. The molecule has 0 bridgehead atoms. The lowest BCUT2D eigenvalue weighted by molar-refractivity contribution is 0.630. The lowest BCUT2D eigenvalue weighted by Crippen LogP contribution is -1.77. The molecule has 2 aromatic rings. The second-order valence-electron chi connectivity index (χ2n) is 2.99. The fourth-order valence-electron chi connectivity index (χ4n) is 1.34. The van der Waals surface area contributed by atoms with E-state index in [-0.39, 0.29) is 5.82 Å². The van der Waals surface area contributed by atoms with Crippen molar-refractivity contribution in [3.05, 3.63) is 47.8 Å². The molecule has 88 valence electrons. The Balaban J connectivity index is 0.000000509. The Bertz CT molecular complexity index is 377. The average molecular weight is 220 g/mol. The van der Waals surface area contributed by atoms with Gasteiger partial charge in [-0.3, -0.25) is 0 Å². The zero-order chi connectivity index (χ0) is 12.6. The summed E-state index contributed by atoms with van der Waals surface area (Å²) in [6, 6.07) is 10.8. The molecule has 1 heteroatoms. The minimum atomic E-state index is -0.175. The third-order valence-electron chi connectivity index (χ3n) is 1.96. The maximum atomic E-state index is 12.7. The third kappa shape index (κ3) is 4.01. The molecule has 0 N–H and O–H groups in total. The smallest absolute Gasteiger partial charge is 0.123 e. The first-order valence-electron chi connectivity index (χ1n) is 5.92. The average Bonchev–Trinajstić information content (AvgIpc) is 2.35. The van der Waals surface area contributed by atoms with Gasteiger partial charge in [0.2, 0.25) is 0 Å². The van der Waals surface area contributed by atoms with Crippen LogP contribution in [0.15, 0.2) is 36.4 Å². The van der Waals surface area contributed by atoms with E-state index in [2.05, 4.69) is 6.07 Å². The van der Waals surface area contributed by atoms with E-state index >= 15 is 0 Å². The fraction of sp³-hybridized carbons (Fsp3) is 0.333. The van der Waals surface area contributed by atoms with E-state index in [1.54, 1.807) is 12.1 Å². The summed E-state index contributed by atoms with van der Waals surface area (Å²) in [5, 5.41) is 2.05. The van der Waals surface area contributed by atoms with Crippen LogP contribution < -0.4 is 0 Å². The van der Waals surface area contributed by atoms with E-state index in [9.17, 15) is 4.39 Å². The van der Waals surface area contributed by atoms with Gasteiger partial charge in [-0.05, 0) is 29.8 Å². The van der Waals surface area contributed by atoms with Gasteiger partial charge in [0.1, 0.15) is 5.82 Å². The predicted octanol–water partition coefficient (Wildman–Crippen LogP) is 5.34. The predicted molar refractivity (Wildman–Crippen MR) is 71.3 cm³/mol.